The molecule has 0 unspecified atom stereocenters. The lowest BCUT2D eigenvalue weighted by Gasteiger charge is -2.42. The topological polar surface area (TPSA) is 55.1 Å². The molecule has 1 aromatic rings. The van der Waals surface area contributed by atoms with E-state index in [9.17, 15) is 4.79 Å². The van der Waals surface area contributed by atoms with Crippen molar-refractivity contribution in [1.29, 1.82) is 0 Å². The van der Waals surface area contributed by atoms with Gasteiger partial charge in [-0.1, -0.05) is 36.8 Å². The second-order valence-corrected chi connectivity index (χ2v) is 6.42. The molecule has 0 bridgehead atoms. The van der Waals surface area contributed by atoms with Gasteiger partial charge in [0.05, 0.1) is 5.54 Å². The summed E-state index contributed by atoms with van der Waals surface area (Å²) in [5, 5.41) is 3.02. The summed E-state index contributed by atoms with van der Waals surface area (Å²) in [4.78, 5) is 11.9. The minimum atomic E-state index is -0.794. The third-order valence-electron chi connectivity index (χ3n) is 4.05. The van der Waals surface area contributed by atoms with Crippen LogP contribution in [0.3, 0.4) is 0 Å². The van der Waals surface area contributed by atoms with Crippen LogP contribution >= 0.6 is 0 Å². The lowest BCUT2D eigenvalue weighted by molar-refractivity contribution is -0.126. The molecule has 1 fully saturated rings. The number of hydrogen-bond donors (Lipinski definition) is 2. The number of benzene rings is 1. The van der Waals surface area contributed by atoms with Crippen LogP contribution in [0.2, 0.25) is 0 Å². The first-order chi connectivity index (χ1) is 8.91. The summed E-state index contributed by atoms with van der Waals surface area (Å²) in [6.07, 6.45) is 4.67. The van der Waals surface area contributed by atoms with Gasteiger partial charge in [-0.05, 0) is 44.1 Å². The van der Waals surface area contributed by atoms with E-state index in [0.29, 0.717) is 0 Å². The zero-order chi connectivity index (χ0) is 13.9. The molecule has 0 spiro atoms. The van der Waals surface area contributed by atoms with Crippen molar-refractivity contribution in [2.24, 2.45) is 11.1 Å². The van der Waals surface area contributed by atoms with E-state index in [4.69, 9.17) is 5.73 Å². The monoisotopic (exact) mass is 260 g/mol. The zero-order valence-corrected chi connectivity index (χ0v) is 11.9. The smallest absolute Gasteiger partial charge is 0.239 e. The second kappa shape index (κ2) is 5.33. The van der Waals surface area contributed by atoms with E-state index in [0.717, 1.165) is 13.0 Å². The van der Waals surface area contributed by atoms with Crippen LogP contribution in [0, 0.1) is 5.41 Å². The van der Waals surface area contributed by atoms with Crippen LogP contribution in [0.25, 0.3) is 0 Å². The molecule has 1 aliphatic rings. The van der Waals surface area contributed by atoms with Gasteiger partial charge in [0.2, 0.25) is 5.91 Å². The molecule has 3 N–H and O–H groups in total. The molecule has 0 atom stereocenters. The van der Waals surface area contributed by atoms with Crippen molar-refractivity contribution in [3.8, 4) is 0 Å². The molecule has 1 amide bonds. The van der Waals surface area contributed by atoms with Crippen molar-refractivity contribution in [1.82, 2.24) is 5.32 Å². The molecule has 0 aliphatic heterocycles. The van der Waals surface area contributed by atoms with Crippen LogP contribution < -0.4 is 11.1 Å². The fourth-order valence-corrected chi connectivity index (χ4v) is 2.62. The molecular formula is C16H24N2O. The largest absolute Gasteiger partial charge is 0.354 e. The summed E-state index contributed by atoms with van der Waals surface area (Å²) < 4.78 is 0. The van der Waals surface area contributed by atoms with Gasteiger partial charge in [0, 0.05) is 6.54 Å². The predicted molar refractivity (Wildman–Crippen MR) is 77.7 cm³/mol. The molecule has 3 nitrogen and oxygen atoms in total. The van der Waals surface area contributed by atoms with Crippen molar-refractivity contribution < 1.29 is 4.79 Å². The van der Waals surface area contributed by atoms with Crippen molar-refractivity contribution in [2.75, 3.05) is 6.54 Å². The maximum Gasteiger partial charge on any atom is 0.239 e. The van der Waals surface area contributed by atoms with E-state index < -0.39 is 5.54 Å². The normalized spacial score (nSPS) is 17.6. The van der Waals surface area contributed by atoms with E-state index in [2.05, 4.69) is 29.6 Å². The van der Waals surface area contributed by atoms with Crippen molar-refractivity contribution in [3.63, 3.8) is 0 Å². The first-order valence-electron chi connectivity index (χ1n) is 7.02. The van der Waals surface area contributed by atoms with Crippen molar-refractivity contribution in [2.45, 2.75) is 45.1 Å². The van der Waals surface area contributed by atoms with Gasteiger partial charge in [0.1, 0.15) is 0 Å². The number of carbonyl (C=O) groups is 1. The summed E-state index contributed by atoms with van der Waals surface area (Å²) in [5.74, 6) is -0.0631. The molecule has 104 valence electrons. The summed E-state index contributed by atoms with van der Waals surface area (Å²) in [5.41, 5.74) is 6.60. The second-order valence-electron chi connectivity index (χ2n) is 6.42. The Hall–Kier alpha value is -1.35. The predicted octanol–water partition coefficient (Wildman–Crippen LogP) is 2.25. The van der Waals surface area contributed by atoms with Crippen LogP contribution in [-0.4, -0.2) is 18.0 Å². The Morgan fingerprint density at radius 3 is 2.42 bits per heavy atom. The molecule has 0 saturated heterocycles. The van der Waals surface area contributed by atoms with Gasteiger partial charge in [-0.15, -0.1) is 0 Å². The highest BCUT2D eigenvalue weighted by molar-refractivity contribution is 5.85. The molecule has 0 radical (unpaired) electrons. The molecule has 1 aromatic carbocycles. The van der Waals surface area contributed by atoms with E-state index in [1.807, 2.05) is 6.07 Å². The molecule has 0 heterocycles. The highest BCUT2D eigenvalue weighted by atomic mass is 16.2. The van der Waals surface area contributed by atoms with Gasteiger partial charge in [0.25, 0.3) is 0 Å². The van der Waals surface area contributed by atoms with E-state index in [-0.39, 0.29) is 11.3 Å². The Labute approximate surface area is 115 Å². The molecule has 1 saturated carbocycles. The Morgan fingerprint density at radius 2 is 1.95 bits per heavy atom. The van der Waals surface area contributed by atoms with Crippen molar-refractivity contribution in [3.05, 3.63) is 35.9 Å². The fraction of sp³-hybridized carbons (Fsp3) is 0.562. The lowest BCUT2D eigenvalue weighted by Crippen LogP contribution is -2.53. The number of nitrogens with two attached hydrogens (primary N) is 1. The van der Waals surface area contributed by atoms with Crippen LogP contribution in [0.1, 0.15) is 38.7 Å². The molecular weight excluding hydrogens is 236 g/mol. The minimum absolute atomic E-state index is 0.0631. The van der Waals surface area contributed by atoms with Gasteiger partial charge in [0.15, 0.2) is 0 Å². The maximum absolute atomic E-state index is 11.9. The summed E-state index contributed by atoms with van der Waals surface area (Å²) in [6.45, 7) is 4.22. The Morgan fingerprint density at radius 1 is 1.32 bits per heavy atom. The number of amides is 1. The van der Waals surface area contributed by atoms with Gasteiger partial charge in [-0.2, -0.15) is 0 Å². The summed E-state index contributed by atoms with van der Waals surface area (Å²) >= 11 is 0. The van der Waals surface area contributed by atoms with Crippen LogP contribution in [0.5, 0.6) is 0 Å². The Balaban J connectivity index is 1.94. The highest BCUT2D eigenvalue weighted by Gasteiger charge is 2.38. The number of nitrogens with one attached hydrogen (secondary N) is 1. The zero-order valence-electron chi connectivity index (χ0n) is 11.9. The van der Waals surface area contributed by atoms with Crippen LogP contribution in [-0.2, 0) is 11.2 Å². The molecule has 0 aromatic heterocycles. The quantitative estimate of drug-likeness (QED) is 0.853. The van der Waals surface area contributed by atoms with E-state index >= 15 is 0 Å². The average molecular weight is 260 g/mol. The van der Waals surface area contributed by atoms with Crippen LogP contribution in [0.15, 0.2) is 30.3 Å². The SMILES string of the molecule is CC(C)(N)C(=O)NCC1(Cc2ccccc2)CCC1. The molecule has 2 rings (SSSR count). The Kier molecular flexibility index (Phi) is 3.95. The summed E-state index contributed by atoms with van der Waals surface area (Å²) in [7, 11) is 0. The molecule has 19 heavy (non-hydrogen) atoms. The lowest BCUT2D eigenvalue weighted by atomic mass is 9.65. The van der Waals surface area contributed by atoms with Gasteiger partial charge >= 0.3 is 0 Å². The van der Waals surface area contributed by atoms with E-state index in [1.54, 1.807) is 13.8 Å². The minimum Gasteiger partial charge on any atom is -0.354 e. The number of carbonyl (C=O) groups excluding carboxylic acids is 1. The molecule has 3 heteroatoms. The van der Waals surface area contributed by atoms with Crippen molar-refractivity contribution >= 4 is 5.91 Å². The first-order valence-corrected chi connectivity index (χ1v) is 7.02. The third-order valence-corrected chi connectivity index (χ3v) is 4.05. The maximum atomic E-state index is 11.9. The third kappa shape index (κ3) is 3.57. The summed E-state index contributed by atoms with van der Waals surface area (Å²) in [6, 6.07) is 10.5. The van der Waals surface area contributed by atoms with Gasteiger partial charge in [-0.3, -0.25) is 4.79 Å². The first kappa shape index (κ1) is 14.1. The number of rotatable bonds is 5. The average Bonchev–Trinajstić information content (AvgIpc) is 2.32. The van der Waals surface area contributed by atoms with Crippen LogP contribution in [0.4, 0.5) is 0 Å². The fourth-order valence-electron chi connectivity index (χ4n) is 2.62. The number of hydrogen-bond acceptors (Lipinski definition) is 2. The van der Waals surface area contributed by atoms with E-state index in [1.165, 1.54) is 24.8 Å². The van der Waals surface area contributed by atoms with Gasteiger partial charge < -0.3 is 11.1 Å². The standard InChI is InChI=1S/C16H24N2O/c1-15(2,17)14(19)18-12-16(9-6-10-16)11-13-7-4-3-5-8-13/h3-5,7-8H,6,9-12,17H2,1-2H3,(H,18,19). The van der Waals surface area contributed by atoms with Gasteiger partial charge in [-0.25, -0.2) is 0 Å². The molecule has 1 aliphatic carbocycles. The Bertz CT molecular complexity index is 430. The highest BCUT2D eigenvalue weighted by Crippen LogP contribution is 2.43.